The Morgan fingerprint density at radius 3 is 1.43 bits per heavy atom. The van der Waals surface area contributed by atoms with E-state index in [1.165, 1.54) is 98.9 Å². The van der Waals surface area contributed by atoms with Crippen LogP contribution in [0.25, 0.3) is 93.6 Å². The standard InChI is InChI=1S/C55H35N3/c1-3-15-35(16-4-1)53-43-23-8-7-19-39(43)47-33-37(27-29-44(47)53)57-50-25-13-9-20-40(50)45-30-31-46-41-21-10-14-26-51(41)58(55(46)54(45)57)38-28-32-52-48(34-38)42-22-11-12-24-49(42)56(52)36-17-5-2-6-18-36/h1-34,53H. The molecule has 3 nitrogen and oxygen atoms in total. The monoisotopic (exact) mass is 737 g/mol. The third kappa shape index (κ3) is 4.28. The summed E-state index contributed by atoms with van der Waals surface area (Å²) >= 11 is 0. The molecule has 0 N–H and O–H groups in total. The molecule has 3 aromatic heterocycles. The highest BCUT2D eigenvalue weighted by molar-refractivity contribution is 6.24. The summed E-state index contributed by atoms with van der Waals surface area (Å²) in [6, 6.07) is 76.2. The summed E-state index contributed by atoms with van der Waals surface area (Å²) in [6.45, 7) is 0. The van der Waals surface area contributed by atoms with Crippen LogP contribution in [0.1, 0.15) is 22.6 Å². The van der Waals surface area contributed by atoms with Crippen LogP contribution < -0.4 is 0 Å². The summed E-state index contributed by atoms with van der Waals surface area (Å²) in [4.78, 5) is 0. The first-order valence-corrected chi connectivity index (χ1v) is 20.1. The Morgan fingerprint density at radius 1 is 0.276 bits per heavy atom. The normalized spacial score (nSPS) is 13.7. The van der Waals surface area contributed by atoms with Gasteiger partial charge in [-0.1, -0.05) is 146 Å². The Hall–Kier alpha value is -7.62. The third-order valence-corrected chi connectivity index (χ3v) is 12.7. The minimum Gasteiger partial charge on any atom is -0.309 e. The molecule has 3 heteroatoms. The van der Waals surface area contributed by atoms with Crippen molar-refractivity contribution in [3.8, 4) is 28.2 Å². The number of rotatable bonds is 4. The molecule has 0 amide bonds. The van der Waals surface area contributed by atoms with Crippen molar-refractivity contribution in [2.75, 3.05) is 0 Å². The van der Waals surface area contributed by atoms with E-state index in [4.69, 9.17) is 0 Å². The lowest BCUT2D eigenvalue weighted by atomic mass is 9.89. The molecular weight excluding hydrogens is 703 g/mol. The molecule has 12 aromatic rings. The lowest BCUT2D eigenvalue weighted by Crippen LogP contribution is -2.01. The van der Waals surface area contributed by atoms with Crippen LogP contribution in [0.2, 0.25) is 0 Å². The van der Waals surface area contributed by atoms with Crippen molar-refractivity contribution in [1.82, 2.24) is 13.7 Å². The maximum absolute atomic E-state index is 2.53. The average molecular weight is 738 g/mol. The molecule has 1 unspecified atom stereocenters. The molecule has 1 aliphatic carbocycles. The number of nitrogens with zero attached hydrogens (tertiary/aromatic N) is 3. The molecule has 0 spiro atoms. The molecule has 0 aliphatic heterocycles. The van der Waals surface area contributed by atoms with E-state index in [9.17, 15) is 0 Å². The second-order valence-electron chi connectivity index (χ2n) is 15.7. The number of fused-ring (bicyclic) bond motifs is 13. The minimum absolute atomic E-state index is 0.205. The molecule has 1 atom stereocenters. The lowest BCUT2D eigenvalue weighted by Gasteiger charge is -2.16. The summed E-state index contributed by atoms with van der Waals surface area (Å²) in [5, 5.41) is 7.47. The van der Waals surface area contributed by atoms with Crippen LogP contribution in [-0.4, -0.2) is 13.7 Å². The zero-order valence-corrected chi connectivity index (χ0v) is 31.5. The molecule has 0 radical (unpaired) electrons. The van der Waals surface area contributed by atoms with Crippen LogP contribution in [0.4, 0.5) is 0 Å². The van der Waals surface area contributed by atoms with Gasteiger partial charge in [0.15, 0.2) is 0 Å². The quantitative estimate of drug-likeness (QED) is 0.171. The highest BCUT2D eigenvalue weighted by atomic mass is 15.0. The molecule has 3 heterocycles. The zero-order chi connectivity index (χ0) is 37.9. The Balaban J connectivity index is 1.12. The van der Waals surface area contributed by atoms with Gasteiger partial charge in [0, 0.05) is 55.3 Å². The van der Waals surface area contributed by atoms with E-state index in [0.29, 0.717) is 0 Å². The van der Waals surface area contributed by atoms with Crippen LogP contribution >= 0.6 is 0 Å². The first kappa shape index (κ1) is 31.6. The maximum Gasteiger partial charge on any atom is 0.0788 e. The minimum atomic E-state index is 0.205. The maximum atomic E-state index is 2.53. The highest BCUT2D eigenvalue weighted by Crippen LogP contribution is 2.50. The fourth-order valence-electron chi connectivity index (χ4n) is 10.3. The molecule has 0 bridgehead atoms. The van der Waals surface area contributed by atoms with Gasteiger partial charge in [-0.25, -0.2) is 0 Å². The highest BCUT2D eigenvalue weighted by Gasteiger charge is 2.31. The fraction of sp³-hybridized carbons (Fsp3) is 0.0182. The molecule has 0 saturated heterocycles. The third-order valence-electron chi connectivity index (χ3n) is 12.7. The van der Waals surface area contributed by atoms with Gasteiger partial charge in [0.2, 0.25) is 0 Å². The van der Waals surface area contributed by atoms with Crippen molar-refractivity contribution in [1.29, 1.82) is 0 Å². The topological polar surface area (TPSA) is 14.8 Å². The Bertz CT molecular complexity index is 3620. The van der Waals surface area contributed by atoms with Gasteiger partial charge in [-0.05, 0) is 88.5 Å². The van der Waals surface area contributed by atoms with Gasteiger partial charge in [-0.3, -0.25) is 0 Å². The van der Waals surface area contributed by atoms with E-state index < -0.39 is 0 Å². The molecule has 9 aromatic carbocycles. The Labute approximate surface area is 334 Å². The fourth-order valence-corrected chi connectivity index (χ4v) is 10.3. The van der Waals surface area contributed by atoms with Crippen molar-refractivity contribution in [3.05, 3.63) is 223 Å². The number of para-hydroxylation sites is 4. The molecule has 270 valence electrons. The summed E-state index contributed by atoms with van der Waals surface area (Å²) in [5.74, 6) is 0.205. The molecule has 0 saturated carbocycles. The van der Waals surface area contributed by atoms with Crippen LogP contribution in [-0.2, 0) is 0 Å². The summed E-state index contributed by atoms with van der Waals surface area (Å²) in [7, 11) is 0. The Morgan fingerprint density at radius 2 is 0.759 bits per heavy atom. The van der Waals surface area contributed by atoms with E-state index in [1.54, 1.807) is 0 Å². The van der Waals surface area contributed by atoms with E-state index >= 15 is 0 Å². The molecule has 1 aliphatic rings. The SMILES string of the molecule is c1ccc(C2c3ccccc3-c3cc(-n4c5ccccc5c5ccc6c7ccccc7n(-c7ccc8c(c7)c7ccccc7n8-c7ccccc7)c6c54)ccc32)cc1. The van der Waals surface area contributed by atoms with Crippen molar-refractivity contribution in [2.24, 2.45) is 0 Å². The van der Waals surface area contributed by atoms with Crippen LogP contribution in [0.15, 0.2) is 206 Å². The number of aromatic nitrogens is 3. The van der Waals surface area contributed by atoms with Gasteiger partial charge in [0.1, 0.15) is 0 Å². The first-order chi connectivity index (χ1) is 28.8. The first-order valence-electron chi connectivity index (χ1n) is 20.1. The van der Waals surface area contributed by atoms with Gasteiger partial charge in [-0.15, -0.1) is 0 Å². The second-order valence-corrected chi connectivity index (χ2v) is 15.7. The summed E-state index contributed by atoms with van der Waals surface area (Å²) in [6.07, 6.45) is 0. The van der Waals surface area contributed by atoms with Gasteiger partial charge in [-0.2, -0.15) is 0 Å². The van der Waals surface area contributed by atoms with Crippen molar-refractivity contribution in [3.63, 3.8) is 0 Å². The molecule has 0 fully saturated rings. The van der Waals surface area contributed by atoms with E-state index in [0.717, 1.165) is 11.4 Å². The van der Waals surface area contributed by atoms with Crippen LogP contribution in [0.3, 0.4) is 0 Å². The number of hydrogen-bond acceptors (Lipinski definition) is 0. The van der Waals surface area contributed by atoms with Crippen LogP contribution in [0, 0.1) is 0 Å². The number of benzene rings is 9. The van der Waals surface area contributed by atoms with Gasteiger partial charge in [0.05, 0.1) is 33.1 Å². The summed E-state index contributed by atoms with van der Waals surface area (Å²) in [5.41, 5.74) is 17.4. The predicted octanol–water partition coefficient (Wildman–Crippen LogP) is 14.1. The predicted molar refractivity (Wildman–Crippen MR) is 242 cm³/mol. The van der Waals surface area contributed by atoms with E-state index in [1.807, 2.05) is 0 Å². The molecule has 13 rings (SSSR count). The van der Waals surface area contributed by atoms with Crippen molar-refractivity contribution in [2.45, 2.75) is 5.92 Å². The van der Waals surface area contributed by atoms with Gasteiger partial charge >= 0.3 is 0 Å². The Kier molecular flexibility index (Phi) is 6.50. The van der Waals surface area contributed by atoms with E-state index in [2.05, 4.69) is 220 Å². The lowest BCUT2D eigenvalue weighted by molar-refractivity contribution is 1.01. The smallest absolute Gasteiger partial charge is 0.0788 e. The number of hydrogen-bond donors (Lipinski definition) is 0. The zero-order valence-electron chi connectivity index (χ0n) is 31.5. The van der Waals surface area contributed by atoms with Crippen molar-refractivity contribution >= 4 is 65.4 Å². The van der Waals surface area contributed by atoms with E-state index in [-0.39, 0.29) is 5.92 Å². The largest absolute Gasteiger partial charge is 0.309 e. The van der Waals surface area contributed by atoms with Crippen molar-refractivity contribution < 1.29 is 0 Å². The van der Waals surface area contributed by atoms with Crippen LogP contribution in [0.5, 0.6) is 0 Å². The second kappa shape index (κ2) is 11.9. The molecule has 58 heavy (non-hydrogen) atoms. The van der Waals surface area contributed by atoms with Gasteiger partial charge in [0.25, 0.3) is 0 Å². The average Bonchev–Trinajstić information content (AvgIpc) is 4.01. The molecular formula is C55H35N3. The summed E-state index contributed by atoms with van der Waals surface area (Å²) < 4.78 is 7.44. The van der Waals surface area contributed by atoms with Gasteiger partial charge < -0.3 is 13.7 Å².